The van der Waals surface area contributed by atoms with E-state index in [4.69, 9.17) is 0 Å². The van der Waals surface area contributed by atoms with Crippen LogP contribution in [0.15, 0.2) is 35.5 Å². The normalized spacial score (nSPS) is 22.5. The minimum Gasteiger partial charge on any atom is -0.318 e. The van der Waals surface area contributed by atoms with E-state index in [1.54, 1.807) is 12.2 Å². The number of hydrogen-bond acceptors (Lipinski definition) is 2. The first kappa shape index (κ1) is 16.3. The zero-order valence-electron chi connectivity index (χ0n) is 12.4. The van der Waals surface area contributed by atoms with Crippen molar-refractivity contribution < 1.29 is 13.2 Å². The highest BCUT2D eigenvalue weighted by Gasteiger charge is 2.33. The van der Waals surface area contributed by atoms with Gasteiger partial charge in [0.05, 0.1) is 0 Å². The minimum absolute atomic E-state index is 0.0459. The number of likely N-dealkylation sites (tertiary alicyclic amines) is 1. The van der Waals surface area contributed by atoms with Gasteiger partial charge < -0.3 is 5.32 Å². The van der Waals surface area contributed by atoms with Gasteiger partial charge in [0, 0.05) is 18.2 Å². The van der Waals surface area contributed by atoms with Crippen LogP contribution in [0.1, 0.15) is 25.7 Å². The second kappa shape index (κ2) is 7.27. The van der Waals surface area contributed by atoms with Gasteiger partial charge >= 0.3 is 6.18 Å². The number of allylic oxidation sites excluding steroid dienone is 4. The van der Waals surface area contributed by atoms with Gasteiger partial charge in [0.15, 0.2) is 0 Å². The molecule has 5 heteroatoms. The number of hydrogen-bond donors (Lipinski definition) is 1. The molecule has 0 saturated carbocycles. The molecule has 0 aromatic rings. The highest BCUT2D eigenvalue weighted by atomic mass is 19.4. The quantitative estimate of drug-likeness (QED) is 0.855. The molecular formula is C16H23F3N2. The van der Waals surface area contributed by atoms with E-state index in [1.807, 2.05) is 13.1 Å². The molecule has 0 spiro atoms. The van der Waals surface area contributed by atoms with E-state index >= 15 is 0 Å². The minimum atomic E-state index is -4.24. The van der Waals surface area contributed by atoms with Gasteiger partial charge in [-0.25, -0.2) is 0 Å². The largest absolute Gasteiger partial charge is 0.412 e. The molecule has 2 nitrogen and oxygen atoms in total. The molecule has 1 aliphatic heterocycles. The van der Waals surface area contributed by atoms with Crippen LogP contribution in [0, 0.1) is 0 Å². The van der Waals surface area contributed by atoms with E-state index in [-0.39, 0.29) is 12.5 Å². The van der Waals surface area contributed by atoms with Crippen molar-refractivity contribution in [2.75, 3.05) is 26.7 Å². The lowest BCUT2D eigenvalue weighted by molar-refractivity contribution is -0.0928. The molecule has 0 aromatic heterocycles. The molecule has 2 rings (SSSR count). The number of alkyl halides is 3. The predicted molar refractivity (Wildman–Crippen MR) is 79.1 cm³/mol. The Morgan fingerprint density at radius 1 is 1.19 bits per heavy atom. The second-order valence-corrected chi connectivity index (χ2v) is 5.63. The standard InChI is InChI=1S/C16H23F3N2/c1-20-12-15(21-10-3-2-4-11-21)13-6-5-7-14(9-8-13)16(17,18)19/h5-6,8-9,15,20H,2-4,7,10-12H2,1H3. The fourth-order valence-corrected chi connectivity index (χ4v) is 2.96. The van der Waals surface area contributed by atoms with Crippen molar-refractivity contribution in [1.82, 2.24) is 10.2 Å². The Kier molecular flexibility index (Phi) is 5.65. The first-order valence-electron chi connectivity index (χ1n) is 7.55. The summed E-state index contributed by atoms with van der Waals surface area (Å²) in [6, 6.07) is 0.149. The van der Waals surface area contributed by atoms with E-state index in [0.717, 1.165) is 25.2 Å². The van der Waals surface area contributed by atoms with Crippen LogP contribution in [0.3, 0.4) is 0 Å². The van der Waals surface area contributed by atoms with Crippen molar-refractivity contribution in [2.24, 2.45) is 0 Å². The SMILES string of the molecule is CNCC(C1=CC=C(C(F)(F)F)CC=C1)N1CCCCC1. The van der Waals surface area contributed by atoms with E-state index < -0.39 is 11.7 Å². The molecule has 1 saturated heterocycles. The Morgan fingerprint density at radius 2 is 1.90 bits per heavy atom. The summed E-state index contributed by atoms with van der Waals surface area (Å²) in [5, 5.41) is 3.16. The zero-order valence-corrected chi connectivity index (χ0v) is 12.4. The van der Waals surface area contributed by atoms with E-state index in [0.29, 0.717) is 0 Å². The van der Waals surface area contributed by atoms with Crippen LogP contribution >= 0.6 is 0 Å². The maximum atomic E-state index is 12.8. The summed E-state index contributed by atoms with van der Waals surface area (Å²) in [6.07, 6.45) is 5.66. The van der Waals surface area contributed by atoms with Gasteiger partial charge in [0.2, 0.25) is 0 Å². The van der Waals surface area contributed by atoms with Crippen LogP contribution in [-0.2, 0) is 0 Å². The summed E-state index contributed by atoms with van der Waals surface area (Å²) < 4.78 is 38.4. The van der Waals surface area contributed by atoms with Crippen LogP contribution in [0.4, 0.5) is 13.2 Å². The van der Waals surface area contributed by atoms with Crippen molar-refractivity contribution in [3.05, 3.63) is 35.5 Å². The van der Waals surface area contributed by atoms with Crippen LogP contribution in [0.5, 0.6) is 0 Å². The van der Waals surface area contributed by atoms with E-state index in [9.17, 15) is 13.2 Å². The number of rotatable bonds is 4. The number of nitrogens with zero attached hydrogens (tertiary/aromatic N) is 1. The molecule has 0 radical (unpaired) electrons. The Labute approximate surface area is 124 Å². The van der Waals surface area contributed by atoms with Gasteiger partial charge in [-0.1, -0.05) is 30.7 Å². The van der Waals surface area contributed by atoms with Crippen LogP contribution < -0.4 is 5.32 Å². The number of piperidine rings is 1. The first-order valence-corrected chi connectivity index (χ1v) is 7.55. The molecule has 0 aromatic carbocycles. The summed E-state index contributed by atoms with van der Waals surface area (Å²) >= 11 is 0. The summed E-state index contributed by atoms with van der Waals surface area (Å²) in [7, 11) is 1.88. The van der Waals surface area contributed by atoms with Gasteiger partial charge in [-0.15, -0.1) is 0 Å². The molecule has 1 aliphatic carbocycles. The van der Waals surface area contributed by atoms with Crippen molar-refractivity contribution >= 4 is 0 Å². The van der Waals surface area contributed by atoms with Gasteiger partial charge in [0.1, 0.15) is 0 Å². The third-order valence-corrected chi connectivity index (χ3v) is 4.10. The lowest BCUT2D eigenvalue weighted by Gasteiger charge is -2.35. The fraction of sp³-hybridized carbons (Fsp3) is 0.625. The van der Waals surface area contributed by atoms with Crippen LogP contribution in [-0.4, -0.2) is 43.8 Å². The number of likely N-dealkylation sites (N-methyl/N-ethyl adjacent to an activating group) is 1. The Bertz CT molecular complexity index is 429. The third-order valence-electron chi connectivity index (χ3n) is 4.10. The van der Waals surface area contributed by atoms with E-state index in [2.05, 4.69) is 10.2 Å². The van der Waals surface area contributed by atoms with Crippen molar-refractivity contribution in [3.8, 4) is 0 Å². The molecule has 0 amide bonds. The molecule has 1 N–H and O–H groups in total. The first-order chi connectivity index (χ1) is 10.0. The molecule has 1 atom stereocenters. The van der Waals surface area contributed by atoms with Crippen LogP contribution in [0.25, 0.3) is 0 Å². The summed E-state index contributed by atoms with van der Waals surface area (Å²) in [5.74, 6) is 0. The van der Waals surface area contributed by atoms with Crippen molar-refractivity contribution in [3.63, 3.8) is 0 Å². The lowest BCUT2D eigenvalue weighted by atomic mass is 10.0. The van der Waals surface area contributed by atoms with Gasteiger partial charge in [-0.3, -0.25) is 4.90 Å². The Hall–Kier alpha value is -1.07. The molecular weight excluding hydrogens is 277 g/mol. The molecule has 2 aliphatic rings. The van der Waals surface area contributed by atoms with E-state index in [1.165, 1.54) is 25.3 Å². The molecule has 0 bridgehead atoms. The molecule has 1 heterocycles. The molecule has 21 heavy (non-hydrogen) atoms. The van der Waals surface area contributed by atoms with Gasteiger partial charge in [-0.05, 0) is 45.0 Å². The Balaban J connectivity index is 2.19. The Morgan fingerprint density at radius 3 is 2.52 bits per heavy atom. The average molecular weight is 300 g/mol. The van der Waals surface area contributed by atoms with Gasteiger partial charge in [-0.2, -0.15) is 13.2 Å². The molecule has 1 fully saturated rings. The molecule has 1 unspecified atom stereocenters. The maximum absolute atomic E-state index is 12.8. The third kappa shape index (κ3) is 4.45. The average Bonchev–Trinajstić information content (AvgIpc) is 2.71. The predicted octanol–water partition coefficient (Wildman–Crippen LogP) is 3.44. The topological polar surface area (TPSA) is 15.3 Å². The number of nitrogens with one attached hydrogen (secondary N) is 1. The highest BCUT2D eigenvalue weighted by Crippen LogP contribution is 2.30. The zero-order chi connectivity index (χ0) is 15.3. The summed E-state index contributed by atoms with van der Waals surface area (Å²) in [6.45, 7) is 2.80. The number of halogens is 3. The highest BCUT2D eigenvalue weighted by molar-refractivity contribution is 5.36. The fourth-order valence-electron chi connectivity index (χ4n) is 2.96. The second-order valence-electron chi connectivity index (χ2n) is 5.63. The lowest BCUT2D eigenvalue weighted by Crippen LogP contribution is -2.45. The van der Waals surface area contributed by atoms with Crippen molar-refractivity contribution in [2.45, 2.75) is 37.9 Å². The molecule has 118 valence electrons. The van der Waals surface area contributed by atoms with Crippen LogP contribution in [0.2, 0.25) is 0 Å². The summed E-state index contributed by atoms with van der Waals surface area (Å²) in [4.78, 5) is 2.38. The maximum Gasteiger partial charge on any atom is 0.412 e. The van der Waals surface area contributed by atoms with Gasteiger partial charge in [0.25, 0.3) is 0 Å². The van der Waals surface area contributed by atoms with Crippen molar-refractivity contribution in [1.29, 1.82) is 0 Å². The smallest absolute Gasteiger partial charge is 0.318 e. The monoisotopic (exact) mass is 300 g/mol. The summed E-state index contributed by atoms with van der Waals surface area (Å²) in [5.41, 5.74) is 0.487.